The lowest BCUT2D eigenvalue weighted by Crippen LogP contribution is -2.36. The second-order valence-corrected chi connectivity index (χ2v) is 9.63. The fraction of sp³-hybridized carbons (Fsp3) is 0.172. The molecule has 4 rings (SSSR count). The maximum Gasteiger partial charge on any atom is 0.294 e. The quantitative estimate of drug-likeness (QED) is 0.367. The van der Waals surface area contributed by atoms with E-state index in [-0.39, 0.29) is 24.0 Å². The molecule has 0 bridgehead atoms. The topological polar surface area (TPSA) is 105 Å². The lowest BCUT2D eigenvalue weighted by molar-refractivity contribution is -0.127. The van der Waals surface area contributed by atoms with E-state index in [4.69, 9.17) is 4.74 Å². The van der Waals surface area contributed by atoms with Crippen molar-refractivity contribution in [3.8, 4) is 5.75 Å². The van der Waals surface area contributed by atoms with Crippen LogP contribution in [-0.4, -0.2) is 41.0 Å². The smallest absolute Gasteiger partial charge is 0.294 e. The van der Waals surface area contributed by atoms with Crippen LogP contribution in [0.5, 0.6) is 5.75 Å². The molecule has 0 radical (unpaired) electrons. The van der Waals surface area contributed by atoms with E-state index in [0.29, 0.717) is 22.7 Å². The number of nitrogens with one attached hydrogen (secondary N) is 2. The molecule has 1 fully saturated rings. The minimum atomic E-state index is -0.524. The molecule has 1 aliphatic heterocycles. The number of amides is 4. The monoisotopic (exact) mass is 529 g/mol. The molecular weight excluding hydrogens is 502 g/mol. The van der Waals surface area contributed by atoms with Crippen molar-refractivity contribution < 1.29 is 23.9 Å². The molecule has 0 aromatic heterocycles. The average Bonchev–Trinajstić information content (AvgIpc) is 3.17. The summed E-state index contributed by atoms with van der Waals surface area (Å²) in [5, 5.41) is 4.97. The third kappa shape index (κ3) is 7.10. The molecule has 38 heavy (non-hydrogen) atoms. The lowest BCUT2D eigenvalue weighted by atomic mass is 10.1. The zero-order valence-electron chi connectivity index (χ0n) is 21.0. The Bertz CT molecular complexity index is 1370. The van der Waals surface area contributed by atoms with Gasteiger partial charge in [-0.25, -0.2) is 0 Å². The molecule has 0 aliphatic carbocycles. The van der Waals surface area contributed by atoms with Crippen molar-refractivity contribution >= 4 is 52.2 Å². The fourth-order valence-electron chi connectivity index (χ4n) is 3.60. The first-order valence-corrected chi connectivity index (χ1v) is 12.9. The number of hydrogen-bond acceptors (Lipinski definition) is 6. The SMILES string of the molecule is CCc1ccc(NC(=O)CN2C(=O)S/C(=C/c3ccc(OCC(=O)Nc4ccc(C)cc4)cc3)C2=O)cc1. The molecule has 1 aliphatic rings. The summed E-state index contributed by atoms with van der Waals surface area (Å²) in [7, 11) is 0. The van der Waals surface area contributed by atoms with Crippen molar-refractivity contribution in [3.63, 3.8) is 0 Å². The van der Waals surface area contributed by atoms with Gasteiger partial charge < -0.3 is 15.4 Å². The number of ether oxygens (including phenoxy) is 1. The largest absolute Gasteiger partial charge is 0.484 e. The molecule has 1 heterocycles. The van der Waals surface area contributed by atoms with Crippen LogP contribution in [0.1, 0.15) is 23.6 Å². The highest BCUT2D eigenvalue weighted by Crippen LogP contribution is 2.32. The van der Waals surface area contributed by atoms with Crippen LogP contribution in [-0.2, 0) is 20.8 Å². The Morgan fingerprint density at radius 2 is 1.47 bits per heavy atom. The van der Waals surface area contributed by atoms with Gasteiger partial charge in [-0.2, -0.15) is 0 Å². The predicted molar refractivity (Wildman–Crippen MR) is 149 cm³/mol. The number of carbonyl (C=O) groups is 4. The van der Waals surface area contributed by atoms with Crippen LogP contribution in [0.4, 0.5) is 16.2 Å². The molecule has 3 aromatic rings. The van der Waals surface area contributed by atoms with E-state index in [9.17, 15) is 19.2 Å². The third-order valence-electron chi connectivity index (χ3n) is 5.70. The summed E-state index contributed by atoms with van der Waals surface area (Å²) < 4.78 is 5.54. The molecule has 0 spiro atoms. The van der Waals surface area contributed by atoms with Crippen LogP contribution in [0, 0.1) is 6.92 Å². The number of anilines is 2. The maximum atomic E-state index is 12.8. The highest BCUT2D eigenvalue weighted by atomic mass is 32.2. The number of nitrogens with zero attached hydrogens (tertiary/aromatic N) is 1. The van der Waals surface area contributed by atoms with Gasteiger partial charge in [-0.1, -0.05) is 48.9 Å². The number of hydrogen-bond donors (Lipinski definition) is 2. The molecular formula is C29H27N3O5S. The molecule has 4 amide bonds. The zero-order chi connectivity index (χ0) is 27.1. The molecule has 0 saturated carbocycles. The van der Waals surface area contributed by atoms with Gasteiger partial charge in [0.25, 0.3) is 17.1 Å². The van der Waals surface area contributed by atoms with Crippen molar-refractivity contribution in [1.29, 1.82) is 0 Å². The van der Waals surface area contributed by atoms with Crippen molar-refractivity contribution in [2.24, 2.45) is 0 Å². The lowest BCUT2D eigenvalue weighted by Gasteiger charge is -2.12. The van der Waals surface area contributed by atoms with Gasteiger partial charge in [0.2, 0.25) is 5.91 Å². The van der Waals surface area contributed by atoms with Gasteiger partial charge >= 0.3 is 0 Å². The molecule has 3 aromatic carbocycles. The van der Waals surface area contributed by atoms with Crippen LogP contribution in [0.15, 0.2) is 77.7 Å². The highest BCUT2D eigenvalue weighted by Gasteiger charge is 2.36. The van der Waals surface area contributed by atoms with Crippen LogP contribution in [0.2, 0.25) is 0 Å². The minimum absolute atomic E-state index is 0.156. The van der Waals surface area contributed by atoms with E-state index in [1.54, 1.807) is 42.5 Å². The van der Waals surface area contributed by atoms with Crippen LogP contribution in [0.3, 0.4) is 0 Å². The van der Waals surface area contributed by atoms with Gasteiger partial charge in [-0.15, -0.1) is 0 Å². The second kappa shape index (κ2) is 12.2. The first-order chi connectivity index (χ1) is 18.3. The van der Waals surface area contributed by atoms with Gasteiger partial charge in [-0.05, 0) is 78.7 Å². The number of aryl methyl sites for hydroxylation is 2. The minimum Gasteiger partial charge on any atom is -0.484 e. The van der Waals surface area contributed by atoms with Crippen molar-refractivity contribution in [2.45, 2.75) is 20.3 Å². The molecule has 1 saturated heterocycles. The van der Waals surface area contributed by atoms with Gasteiger partial charge in [0.05, 0.1) is 4.91 Å². The predicted octanol–water partition coefficient (Wildman–Crippen LogP) is 5.25. The van der Waals surface area contributed by atoms with Crippen LogP contribution in [0.25, 0.3) is 6.08 Å². The van der Waals surface area contributed by atoms with Gasteiger partial charge in [0.1, 0.15) is 12.3 Å². The maximum absolute atomic E-state index is 12.8. The van der Waals surface area contributed by atoms with Crippen LogP contribution < -0.4 is 15.4 Å². The number of carbonyl (C=O) groups excluding carboxylic acids is 4. The summed E-state index contributed by atoms with van der Waals surface area (Å²) in [6, 6.07) is 21.6. The van der Waals surface area contributed by atoms with Crippen molar-refractivity contribution in [2.75, 3.05) is 23.8 Å². The fourth-order valence-corrected chi connectivity index (χ4v) is 4.44. The molecule has 0 unspecified atom stereocenters. The summed E-state index contributed by atoms with van der Waals surface area (Å²) in [6.45, 7) is 3.49. The Morgan fingerprint density at radius 1 is 0.868 bits per heavy atom. The van der Waals surface area contributed by atoms with E-state index < -0.39 is 17.1 Å². The Balaban J connectivity index is 1.29. The summed E-state index contributed by atoms with van der Waals surface area (Å²) in [5.74, 6) is -0.776. The van der Waals surface area contributed by atoms with E-state index in [1.807, 2.05) is 50.2 Å². The van der Waals surface area contributed by atoms with Crippen molar-refractivity contribution in [3.05, 3.63) is 94.4 Å². The normalized spacial score (nSPS) is 14.1. The summed E-state index contributed by atoms with van der Waals surface area (Å²) in [6.07, 6.45) is 2.47. The Labute approximate surface area is 225 Å². The van der Waals surface area contributed by atoms with E-state index in [2.05, 4.69) is 10.6 Å². The number of imide groups is 1. The summed E-state index contributed by atoms with van der Waals surface area (Å²) in [4.78, 5) is 50.9. The number of rotatable bonds is 9. The molecule has 8 nitrogen and oxygen atoms in total. The molecule has 9 heteroatoms. The van der Waals surface area contributed by atoms with E-state index in [1.165, 1.54) is 0 Å². The van der Waals surface area contributed by atoms with Gasteiger partial charge in [0.15, 0.2) is 6.61 Å². The summed E-state index contributed by atoms with van der Waals surface area (Å²) in [5.41, 5.74) is 4.21. The third-order valence-corrected chi connectivity index (χ3v) is 6.61. The standard InChI is InChI=1S/C29H27N3O5S/c1-3-20-6-12-23(13-7-20)30-26(33)17-32-28(35)25(38-29(32)36)16-21-8-14-24(15-9-21)37-18-27(34)31-22-10-4-19(2)5-11-22/h4-16H,3,17-18H2,1-2H3,(H,30,33)(H,31,34)/b25-16+. The van der Waals surface area contributed by atoms with Crippen LogP contribution >= 0.6 is 11.8 Å². The van der Waals surface area contributed by atoms with E-state index in [0.717, 1.165) is 34.2 Å². The molecule has 2 N–H and O–H groups in total. The first kappa shape index (κ1) is 26.7. The Hall–Kier alpha value is -4.37. The second-order valence-electron chi connectivity index (χ2n) is 8.64. The summed E-state index contributed by atoms with van der Waals surface area (Å²) >= 11 is 0.784. The van der Waals surface area contributed by atoms with Crippen molar-refractivity contribution in [1.82, 2.24) is 4.90 Å². The van der Waals surface area contributed by atoms with Gasteiger partial charge in [0, 0.05) is 11.4 Å². The van der Waals surface area contributed by atoms with E-state index >= 15 is 0 Å². The number of thioether (sulfide) groups is 1. The average molecular weight is 530 g/mol. The Morgan fingerprint density at radius 3 is 2.11 bits per heavy atom. The Kier molecular flexibility index (Phi) is 8.60. The molecule has 0 atom stereocenters. The molecule has 194 valence electrons. The first-order valence-electron chi connectivity index (χ1n) is 12.0. The van der Waals surface area contributed by atoms with Gasteiger partial charge in [-0.3, -0.25) is 24.1 Å². The zero-order valence-corrected chi connectivity index (χ0v) is 21.8. The number of benzene rings is 3. The highest BCUT2D eigenvalue weighted by molar-refractivity contribution is 8.18.